The Morgan fingerprint density at radius 2 is 1.83 bits per heavy atom. The molecule has 0 atom stereocenters. The normalized spacial score (nSPS) is 17.6. The van der Waals surface area contributed by atoms with Gasteiger partial charge in [-0.2, -0.15) is 5.10 Å². The Kier molecular flexibility index (Phi) is 2.70. The third-order valence-corrected chi connectivity index (χ3v) is 3.72. The Balaban J connectivity index is 2.06. The summed E-state index contributed by atoms with van der Waals surface area (Å²) in [6.45, 7) is 6.43. The molecule has 1 aliphatic heterocycles. The average molecular weight is 245 g/mol. The molecule has 3 heterocycles. The van der Waals surface area contributed by atoms with Gasteiger partial charge in [0, 0.05) is 39.4 Å². The van der Waals surface area contributed by atoms with Crippen molar-refractivity contribution in [2.75, 3.05) is 38.1 Å². The van der Waals surface area contributed by atoms with Crippen molar-refractivity contribution in [3.63, 3.8) is 0 Å². The van der Waals surface area contributed by atoms with Gasteiger partial charge in [0.2, 0.25) is 0 Å². The van der Waals surface area contributed by atoms with E-state index in [1.165, 1.54) is 11.1 Å². The van der Waals surface area contributed by atoms with Crippen LogP contribution < -0.4 is 4.90 Å². The second-order valence-corrected chi connectivity index (χ2v) is 5.03. The Morgan fingerprint density at radius 1 is 1.11 bits per heavy atom. The lowest BCUT2D eigenvalue weighted by Crippen LogP contribution is -2.44. The Bertz CT molecular complexity index is 566. The van der Waals surface area contributed by atoms with Gasteiger partial charge in [-0.15, -0.1) is 0 Å². The molecule has 0 radical (unpaired) electrons. The monoisotopic (exact) mass is 245 g/mol. The van der Waals surface area contributed by atoms with Crippen LogP contribution in [0.4, 0.5) is 5.69 Å². The van der Waals surface area contributed by atoms with Crippen molar-refractivity contribution in [1.29, 1.82) is 0 Å². The van der Waals surface area contributed by atoms with E-state index < -0.39 is 0 Å². The molecule has 2 aromatic rings. The number of piperazine rings is 1. The number of aryl methyl sites for hydroxylation is 2. The van der Waals surface area contributed by atoms with Gasteiger partial charge in [0.25, 0.3) is 0 Å². The van der Waals surface area contributed by atoms with Crippen LogP contribution >= 0.6 is 0 Å². The Morgan fingerprint density at radius 3 is 2.56 bits per heavy atom. The quantitative estimate of drug-likeness (QED) is 0.752. The molecule has 0 spiro atoms. The highest BCUT2D eigenvalue weighted by molar-refractivity contribution is 5.91. The molecule has 0 N–H and O–H groups in total. The zero-order valence-corrected chi connectivity index (χ0v) is 11.2. The highest BCUT2D eigenvalue weighted by Gasteiger charge is 2.19. The third-order valence-electron chi connectivity index (χ3n) is 3.72. The average Bonchev–Trinajstić information content (AvgIpc) is 2.66. The summed E-state index contributed by atoms with van der Waals surface area (Å²) in [5.74, 6) is 0. The van der Waals surface area contributed by atoms with Gasteiger partial charge < -0.3 is 9.80 Å². The Hall–Kier alpha value is -1.62. The van der Waals surface area contributed by atoms with E-state index in [0.717, 1.165) is 37.5 Å². The third kappa shape index (κ3) is 1.75. The van der Waals surface area contributed by atoms with Crippen LogP contribution in [0.15, 0.2) is 12.3 Å². The number of likely N-dealkylation sites (N-methyl/N-ethyl adjacent to an activating group) is 1. The molecule has 0 bridgehead atoms. The van der Waals surface area contributed by atoms with Crippen molar-refractivity contribution in [2.24, 2.45) is 7.05 Å². The number of nitrogens with zero attached hydrogens (tertiary/aromatic N) is 5. The van der Waals surface area contributed by atoms with Crippen LogP contribution in [-0.4, -0.2) is 52.9 Å². The summed E-state index contributed by atoms with van der Waals surface area (Å²) in [6, 6.07) is 2.11. The minimum Gasteiger partial charge on any atom is -0.368 e. The molecule has 0 unspecified atom stereocenters. The van der Waals surface area contributed by atoms with E-state index in [4.69, 9.17) is 0 Å². The minimum atomic E-state index is 0.976. The fourth-order valence-electron chi connectivity index (χ4n) is 2.67. The second kappa shape index (κ2) is 4.24. The molecule has 3 rings (SSSR count). The van der Waals surface area contributed by atoms with Gasteiger partial charge in [-0.1, -0.05) is 0 Å². The van der Waals surface area contributed by atoms with Gasteiger partial charge in [0.05, 0.1) is 16.8 Å². The lowest BCUT2D eigenvalue weighted by Gasteiger charge is -2.34. The van der Waals surface area contributed by atoms with Crippen molar-refractivity contribution < 1.29 is 0 Å². The van der Waals surface area contributed by atoms with Crippen LogP contribution in [0.1, 0.15) is 5.69 Å². The largest absolute Gasteiger partial charge is 0.368 e. The maximum absolute atomic E-state index is 4.48. The molecule has 1 saturated heterocycles. The number of pyridine rings is 1. The predicted molar refractivity (Wildman–Crippen MR) is 73.0 cm³/mol. The molecule has 5 heteroatoms. The first-order valence-corrected chi connectivity index (χ1v) is 6.38. The van der Waals surface area contributed by atoms with Crippen molar-refractivity contribution in [2.45, 2.75) is 6.92 Å². The highest BCUT2D eigenvalue weighted by atomic mass is 15.3. The van der Waals surface area contributed by atoms with Gasteiger partial charge in [0.15, 0.2) is 5.65 Å². The summed E-state index contributed by atoms with van der Waals surface area (Å²) in [7, 11) is 4.13. The van der Waals surface area contributed by atoms with Crippen LogP contribution in [0.3, 0.4) is 0 Å². The van der Waals surface area contributed by atoms with Crippen LogP contribution in [0, 0.1) is 6.92 Å². The molecule has 0 aromatic carbocycles. The number of aromatic nitrogens is 3. The number of hydrogen-bond donors (Lipinski definition) is 0. The van der Waals surface area contributed by atoms with Gasteiger partial charge in [-0.3, -0.25) is 4.68 Å². The summed E-state index contributed by atoms with van der Waals surface area (Å²) in [6.07, 6.45) is 1.89. The zero-order chi connectivity index (χ0) is 12.7. The fourth-order valence-corrected chi connectivity index (χ4v) is 2.67. The first kappa shape index (κ1) is 11.5. The molecule has 1 aliphatic rings. The number of rotatable bonds is 1. The van der Waals surface area contributed by atoms with E-state index >= 15 is 0 Å². The van der Waals surface area contributed by atoms with Crippen LogP contribution in [0.5, 0.6) is 0 Å². The molecule has 5 nitrogen and oxygen atoms in total. The minimum absolute atomic E-state index is 0.976. The Labute approximate surface area is 107 Å². The highest BCUT2D eigenvalue weighted by Crippen LogP contribution is 2.28. The van der Waals surface area contributed by atoms with Gasteiger partial charge in [0.1, 0.15) is 0 Å². The fraction of sp³-hybridized carbons (Fsp3) is 0.538. The zero-order valence-electron chi connectivity index (χ0n) is 11.2. The van der Waals surface area contributed by atoms with Crippen molar-refractivity contribution in [3.8, 4) is 0 Å². The summed E-state index contributed by atoms with van der Waals surface area (Å²) < 4.78 is 1.87. The SMILES string of the molecule is Cc1nn(C)c2nccc(N3CCN(C)CC3)c12. The van der Waals surface area contributed by atoms with E-state index in [9.17, 15) is 0 Å². The van der Waals surface area contributed by atoms with E-state index in [1.807, 2.05) is 17.9 Å². The van der Waals surface area contributed by atoms with Crippen molar-refractivity contribution in [1.82, 2.24) is 19.7 Å². The first-order chi connectivity index (χ1) is 8.66. The molecule has 1 fully saturated rings. The van der Waals surface area contributed by atoms with Crippen LogP contribution in [0.2, 0.25) is 0 Å². The van der Waals surface area contributed by atoms with Crippen LogP contribution in [-0.2, 0) is 7.05 Å². The maximum Gasteiger partial charge on any atom is 0.159 e. The van der Waals surface area contributed by atoms with E-state index in [0.29, 0.717) is 0 Å². The summed E-state index contributed by atoms with van der Waals surface area (Å²) in [5, 5.41) is 5.68. The molecule has 0 aliphatic carbocycles. The molecular weight excluding hydrogens is 226 g/mol. The molecule has 2 aromatic heterocycles. The molecular formula is C13H19N5. The standard InChI is InChI=1S/C13H19N5/c1-10-12-11(18-8-6-16(2)7-9-18)4-5-14-13(12)17(3)15-10/h4-5H,6-9H2,1-3H3. The molecule has 18 heavy (non-hydrogen) atoms. The maximum atomic E-state index is 4.48. The summed E-state index contributed by atoms with van der Waals surface area (Å²) in [5.41, 5.74) is 3.32. The summed E-state index contributed by atoms with van der Waals surface area (Å²) in [4.78, 5) is 9.24. The van der Waals surface area contributed by atoms with E-state index in [-0.39, 0.29) is 0 Å². The smallest absolute Gasteiger partial charge is 0.159 e. The molecule has 0 amide bonds. The predicted octanol–water partition coefficient (Wildman–Crippen LogP) is 1.03. The summed E-state index contributed by atoms with van der Waals surface area (Å²) >= 11 is 0. The first-order valence-electron chi connectivity index (χ1n) is 6.38. The second-order valence-electron chi connectivity index (χ2n) is 5.03. The van der Waals surface area contributed by atoms with Crippen LogP contribution in [0.25, 0.3) is 11.0 Å². The van der Waals surface area contributed by atoms with Gasteiger partial charge in [-0.05, 0) is 20.0 Å². The lowest BCUT2D eigenvalue weighted by molar-refractivity contribution is 0.313. The van der Waals surface area contributed by atoms with Gasteiger partial charge >= 0.3 is 0 Å². The molecule has 0 saturated carbocycles. The number of anilines is 1. The van der Waals surface area contributed by atoms with Crippen molar-refractivity contribution >= 4 is 16.7 Å². The topological polar surface area (TPSA) is 37.2 Å². The van der Waals surface area contributed by atoms with Crippen molar-refractivity contribution in [3.05, 3.63) is 18.0 Å². The van der Waals surface area contributed by atoms with Gasteiger partial charge in [-0.25, -0.2) is 4.98 Å². The molecule has 96 valence electrons. The number of fused-ring (bicyclic) bond motifs is 1. The van der Waals surface area contributed by atoms with E-state index in [1.54, 1.807) is 0 Å². The van der Waals surface area contributed by atoms with E-state index in [2.05, 4.69) is 39.9 Å². The number of hydrogen-bond acceptors (Lipinski definition) is 4. The lowest BCUT2D eigenvalue weighted by atomic mass is 10.2.